The zero-order valence-corrected chi connectivity index (χ0v) is 7.09. The standard InChI is InChI=1S/C3H7NOS2.Cu/c1-4(2)7-3(5)6;/h1-2H3,(H,5,6);. The molecule has 0 aromatic rings. The van der Waals surface area contributed by atoms with E-state index in [4.69, 9.17) is 5.11 Å². The molecule has 0 aromatic carbocycles. The van der Waals surface area contributed by atoms with E-state index in [1.165, 1.54) is 0 Å². The predicted molar refractivity (Wildman–Crippen MR) is 36.5 cm³/mol. The van der Waals surface area contributed by atoms with Crippen LogP contribution in [-0.2, 0) is 17.1 Å². The SMILES string of the molecule is CN(C)SC(O)=S.[Cu]. The van der Waals surface area contributed by atoms with Gasteiger partial charge in [-0.05, 0) is 26.3 Å². The quantitative estimate of drug-likeness (QED) is 0.388. The second-order valence-electron chi connectivity index (χ2n) is 1.17. The maximum atomic E-state index is 8.38. The van der Waals surface area contributed by atoms with Crippen LogP contribution in [-0.4, -0.2) is 27.9 Å². The molecule has 0 unspecified atom stereocenters. The maximum Gasteiger partial charge on any atom is 0.233 e. The van der Waals surface area contributed by atoms with Crippen LogP contribution in [0.2, 0.25) is 0 Å². The fourth-order valence-corrected chi connectivity index (χ4v) is 0.916. The van der Waals surface area contributed by atoms with E-state index in [0.717, 1.165) is 11.9 Å². The van der Waals surface area contributed by atoms with Gasteiger partial charge in [-0.25, -0.2) is 4.31 Å². The molecule has 0 amide bonds. The number of aliphatic hydroxyl groups excluding tert-OH is 1. The molecule has 0 fully saturated rings. The minimum atomic E-state index is -0.0370. The van der Waals surface area contributed by atoms with Gasteiger partial charge in [0.05, 0.1) is 0 Å². The van der Waals surface area contributed by atoms with Crippen molar-refractivity contribution < 1.29 is 22.2 Å². The fourth-order valence-electron chi connectivity index (χ4n) is 0.156. The van der Waals surface area contributed by atoms with Crippen LogP contribution in [0.25, 0.3) is 0 Å². The molecule has 1 radical (unpaired) electrons. The molecule has 0 atom stereocenters. The molecular formula is C3H7CuNOS2. The number of nitrogens with zero attached hydrogens (tertiary/aromatic N) is 1. The van der Waals surface area contributed by atoms with Crippen molar-refractivity contribution in [2.75, 3.05) is 14.1 Å². The van der Waals surface area contributed by atoms with Crippen molar-refractivity contribution in [1.29, 1.82) is 0 Å². The van der Waals surface area contributed by atoms with E-state index >= 15 is 0 Å². The van der Waals surface area contributed by atoms with Crippen LogP contribution < -0.4 is 0 Å². The first-order chi connectivity index (χ1) is 3.13. The van der Waals surface area contributed by atoms with Gasteiger partial charge in [0.2, 0.25) is 4.38 Å². The summed E-state index contributed by atoms with van der Waals surface area (Å²) in [6, 6.07) is 0. The van der Waals surface area contributed by atoms with Gasteiger partial charge in [0, 0.05) is 29.0 Å². The minimum absolute atomic E-state index is 0. The van der Waals surface area contributed by atoms with Gasteiger partial charge >= 0.3 is 0 Å². The molecule has 0 bridgehead atoms. The Morgan fingerprint density at radius 1 is 1.62 bits per heavy atom. The van der Waals surface area contributed by atoms with Crippen LogP contribution in [0.15, 0.2) is 0 Å². The van der Waals surface area contributed by atoms with E-state index in [0.29, 0.717) is 0 Å². The summed E-state index contributed by atoms with van der Waals surface area (Å²) in [6.45, 7) is 0. The van der Waals surface area contributed by atoms with Gasteiger partial charge in [-0.1, -0.05) is 0 Å². The molecule has 0 aliphatic heterocycles. The van der Waals surface area contributed by atoms with Crippen molar-refractivity contribution in [3.63, 3.8) is 0 Å². The Balaban J connectivity index is 0. The number of thiocarbonyl (C=S) groups is 1. The molecule has 0 saturated heterocycles. The smallest absolute Gasteiger partial charge is 0.233 e. The Morgan fingerprint density at radius 3 is 2.00 bits per heavy atom. The van der Waals surface area contributed by atoms with Gasteiger partial charge < -0.3 is 5.11 Å². The first-order valence-corrected chi connectivity index (χ1v) is 2.89. The Hall–Kier alpha value is 0.719. The normalized spacial score (nSPS) is 8.38. The molecule has 0 aliphatic carbocycles. The molecule has 0 rings (SSSR count). The molecule has 0 aliphatic rings. The molecule has 0 aromatic heterocycles. The number of aliphatic hydroxyl groups is 1. The van der Waals surface area contributed by atoms with Gasteiger partial charge in [-0.3, -0.25) is 0 Å². The summed E-state index contributed by atoms with van der Waals surface area (Å²) in [4.78, 5) is 0. The van der Waals surface area contributed by atoms with E-state index in [9.17, 15) is 0 Å². The summed E-state index contributed by atoms with van der Waals surface area (Å²) < 4.78 is 1.69. The molecule has 0 heterocycles. The first-order valence-electron chi connectivity index (χ1n) is 1.71. The minimum Gasteiger partial charge on any atom is -0.493 e. The van der Waals surface area contributed by atoms with E-state index in [1.807, 2.05) is 14.1 Å². The average molecular weight is 201 g/mol. The second-order valence-corrected chi connectivity index (χ2v) is 3.11. The van der Waals surface area contributed by atoms with Crippen LogP contribution in [0.4, 0.5) is 0 Å². The van der Waals surface area contributed by atoms with Crippen LogP contribution in [0, 0.1) is 0 Å². The zero-order chi connectivity index (χ0) is 5.86. The van der Waals surface area contributed by atoms with Crippen molar-refractivity contribution in [1.82, 2.24) is 4.31 Å². The molecule has 8 heavy (non-hydrogen) atoms. The number of hydrogen-bond donors (Lipinski definition) is 1. The topological polar surface area (TPSA) is 23.5 Å². The van der Waals surface area contributed by atoms with Gasteiger partial charge in [-0.2, -0.15) is 0 Å². The monoisotopic (exact) mass is 200 g/mol. The van der Waals surface area contributed by atoms with Gasteiger partial charge in [0.15, 0.2) is 0 Å². The van der Waals surface area contributed by atoms with Crippen molar-refractivity contribution in [3.05, 3.63) is 0 Å². The predicted octanol–water partition coefficient (Wildman–Crippen LogP) is 1.04. The fraction of sp³-hybridized carbons (Fsp3) is 0.667. The molecule has 1 N–H and O–H groups in total. The summed E-state index contributed by atoms with van der Waals surface area (Å²) in [7, 11) is 3.63. The van der Waals surface area contributed by atoms with Crippen molar-refractivity contribution >= 4 is 28.5 Å². The van der Waals surface area contributed by atoms with E-state index in [1.54, 1.807) is 4.31 Å². The van der Waals surface area contributed by atoms with Gasteiger partial charge in [-0.15, -0.1) is 0 Å². The largest absolute Gasteiger partial charge is 0.493 e. The van der Waals surface area contributed by atoms with Crippen LogP contribution >= 0.6 is 24.2 Å². The second kappa shape index (κ2) is 5.85. The molecule has 53 valence electrons. The van der Waals surface area contributed by atoms with Gasteiger partial charge in [0.1, 0.15) is 0 Å². The van der Waals surface area contributed by atoms with E-state index in [-0.39, 0.29) is 21.5 Å². The van der Waals surface area contributed by atoms with Crippen LogP contribution in [0.3, 0.4) is 0 Å². The summed E-state index contributed by atoms with van der Waals surface area (Å²) in [5.74, 6) is 0. The third kappa shape index (κ3) is 9.87. The maximum absolute atomic E-state index is 8.38. The van der Waals surface area contributed by atoms with E-state index in [2.05, 4.69) is 12.2 Å². The van der Waals surface area contributed by atoms with Crippen molar-refractivity contribution in [2.24, 2.45) is 0 Å². The summed E-state index contributed by atoms with van der Waals surface area (Å²) >= 11 is 5.48. The summed E-state index contributed by atoms with van der Waals surface area (Å²) in [5, 5.41) is 8.38. The Kier molecular flexibility index (Phi) is 8.41. The van der Waals surface area contributed by atoms with Crippen molar-refractivity contribution in [3.8, 4) is 0 Å². The zero-order valence-electron chi connectivity index (χ0n) is 4.51. The first kappa shape index (κ1) is 11.5. The third-order valence-electron chi connectivity index (χ3n) is 0.261. The van der Waals surface area contributed by atoms with Crippen molar-refractivity contribution in [2.45, 2.75) is 0 Å². The Labute approximate surface area is 69.2 Å². The molecule has 5 heteroatoms. The van der Waals surface area contributed by atoms with E-state index < -0.39 is 0 Å². The molecular weight excluding hydrogens is 194 g/mol. The average Bonchev–Trinajstić information content (AvgIpc) is 1.27. The van der Waals surface area contributed by atoms with Crippen LogP contribution in [0.5, 0.6) is 0 Å². The van der Waals surface area contributed by atoms with Crippen LogP contribution in [0.1, 0.15) is 0 Å². The molecule has 0 saturated carbocycles. The Morgan fingerprint density at radius 2 is 2.00 bits per heavy atom. The molecule has 0 spiro atoms. The number of rotatable bonds is 1. The molecule has 2 nitrogen and oxygen atoms in total. The van der Waals surface area contributed by atoms with Gasteiger partial charge in [0.25, 0.3) is 0 Å². The number of hydrogen-bond acceptors (Lipinski definition) is 3. The third-order valence-corrected chi connectivity index (χ3v) is 1.01. The Bertz CT molecular complexity index is 77.7. The summed E-state index contributed by atoms with van der Waals surface area (Å²) in [6.07, 6.45) is 0. The summed E-state index contributed by atoms with van der Waals surface area (Å²) in [5.41, 5.74) is 0.